The van der Waals surface area contributed by atoms with Gasteiger partial charge in [0.25, 0.3) is 0 Å². The van der Waals surface area contributed by atoms with Gasteiger partial charge in [0.15, 0.2) is 0 Å². The lowest BCUT2D eigenvalue weighted by Gasteiger charge is -2.35. The molecule has 1 amide bonds. The third kappa shape index (κ3) is 6.65. The Kier molecular flexibility index (Phi) is 9.09. The van der Waals surface area contributed by atoms with Gasteiger partial charge in [-0.05, 0) is 60.7 Å². The molecule has 214 valence electrons. The monoisotopic (exact) mass is 614 g/mol. The van der Waals surface area contributed by atoms with Crippen LogP contribution in [0.3, 0.4) is 0 Å². The summed E-state index contributed by atoms with van der Waals surface area (Å²) in [6, 6.07) is 20.0. The largest absolute Gasteiger partial charge is 0.490 e. The smallest absolute Gasteiger partial charge is 0.335 e. The summed E-state index contributed by atoms with van der Waals surface area (Å²) in [5.74, 6) is 0.352. The Hall–Kier alpha value is -3.23. The number of rotatable bonds is 11. The van der Waals surface area contributed by atoms with Crippen LogP contribution in [-0.4, -0.2) is 48.6 Å². The van der Waals surface area contributed by atoms with E-state index in [9.17, 15) is 9.59 Å². The van der Waals surface area contributed by atoms with E-state index >= 15 is 0 Å². The van der Waals surface area contributed by atoms with Gasteiger partial charge in [0, 0.05) is 23.7 Å². The van der Waals surface area contributed by atoms with Crippen molar-refractivity contribution in [1.29, 1.82) is 0 Å². The Morgan fingerprint density at radius 2 is 1.59 bits per heavy atom. The minimum absolute atomic E-state index is 0.0471. The molecule has 5 rings (SSSR count). The Balaban J connectivity index is 1.28. The van der Waals surface area contributed by atoms with Crippen LogP contribution in [0.2, 0.25) is 15.1 Å². The number of ether oxygens (including phenoxy) is 3. The van der Waals surface area contributed by atoms with E-state index in [4.69, 9.17) is 54.7 Å². The van der Waals surface area contributed by atoms with E-state index in [0.717, 1.165) is 16.7 Å². The SMILES string of the molecule is NC(=O)C1(N2CCC(c3ccc(OCCOc4cccc(Cl)c4Cl)cc3)=C(C(=O)OCc3ccccc3Cl)C2)CC1. The molecule has 2 N–H and O–H groups in total. The number of nitrogens with zero attached hydrogens (tertiary/aromatic N) is 1. The lowest BCUT2D eigenvalue weighted by molar-refractivity contribution is -0.141. The molecule has 10 heteroatoms. The molecule has 3 aromatic carbocycles. The van der Waals surface area contributed by atoms with Crippen molar-refractivity contribution < 1.29 is 23.8 Å². The number of nitrogens with two attached hydrogens (primary N) is 1. The van der Waals surface area contributed by atoms with Crippen molar-refractivity contribution in [2.75, 3.05) is 26.3 Å². The van der Waals surface area contributed by atoms with Gasteiger partial charge < -0.3 is 19.9 Å². The van der Waals surface area contributed by atoms with Gasteiger partial charge in [-0.15, -0.1) is 0 Å². The predicted octanol–water partition coefficient (Wildman–Crippen LogP) is 6.33. The molecular weight excluding hydrogens is 587 g/mol. The van der Waals surface area contributed by atoms with Crippen LogP contribution >= 0.6 is 34.8 Å². The molecule has 1 heterocycles. The van der Waals surface area contributed by atoms with E-state index in [1.54, 1.807) is 24.3 Å². The fourth-order valence-electron chi connectivity index (χ4n) is 4.98. The van der Waals surface area contributed by atoms with Gasteiger partial charge in [-0.25, -0.2) is 4.79 Å². The molecule has 0 spiro atoms. The van der Waals surface area contributed by atoms with Gasteiger partial charge in [0.1, 0.15) is 41.9 Å². The fraction of sp³-hybridized carbons (Fsp3) is 0.290. The number of hydrogen-bond acceptors (Lipinski definition) is 6. The molecule has 3 aromatic rings. The zero-order valence-corrected chi connectivity index (χ0v) is 24.5. The summed E-state index contributed by atoms with van der Waals surface area (Å²) in [6.07, 6.45) is 1.96. The van der Waals surface area contributed by atoms with Crippen LogP contribution in [0, 0.1) is 0 Å². The first-order valence-corrected chi connectivity index (χ1v) is 14.4. The van der Waals surface area contributed by atoms with E-state index in [0.29, 0.717) is 64.6 Å². The summed E-state index contributed by atoms with van der Waals surface area (Å²) in [7, 11) is 0. The van der Waals surface area contributed by atoms with Crippen LogP contribution in [0.15, 0.2) is 72.3 Å². The van der Waals surface area contributed by atoms with E-state index in [2.05, 4.69) is 0 Å². The maximum Gasteiger partial charge on any atom is 0.335 e. The van der Waals surface area contributed by atoms with Crippen molar-refractivity contribution in [2.45, 2.75) is 31.4 Å². The molecule has 41 heavy (non-hydrogen) atoms. The summed E-state index contributed by atoms with van der Waals surface area (Å²) in [6.45, 7) is 1.52. The summed E-state index contributed by atoms with van der Waals surface area (Å²) < 4.78 is 17.2. The van der Waals surface area contributed by atoms with Gasteiger partial charge >= 0.3 is 5.97 Å². The second kappa shape index (κ2) is 12.7. The third-order valence-electron chi connectivity index (χ3n) is 7.42. The first-order chi connectivity index (χ1) is 19.8. The fourth-order valence-corrected chi connectivity index (χ4v) is 5.51. The zero-order valence-electron chi connectivity index (χ0n) is 22.2. The summed E-state index contributed by atoms with van der Waals surface area (Å²) >= 11 is 18.4. The molecule has 0 atom stereocenters. The molecule has 1 aliphatic heterocycles. The lowest BCUT2D eigenvalue weighted by Crippen LogP contribution is -2.50. The first kappa shape index (κ1) is 29.3. The molecule has 7 nitrogen and oxygen atoms in total. The average molecular weight is 616 g/mol. The Bertz CT molecular complexity index is 1470. The highest BCUT2D eigenvalue weighted by atomic mass is 35.5. The lowest BCUT2D eigenvalue weighted by atomic mass is 9.92. The van der Waals surface area contributed by atoms with Crippen molar-refractivity contribution in [3.8, 4) is 11.5 Å². The number of amides is 1. The van der Waals surface area contributed by atoms with Gasteiger partial charge in [-0.3, -0.25) is 9.69 Å². The third-order valence-corrected chi connectivity index (χ3v) is 8.59. The quantitative estimate of drug-likeness (QED) is 0.200. The normalized spacial score (nSPS) is 16.3. The summed E-state index contributed by atoms with van der Waals surface area (Å²) in [4.78, 5) is 27.6. The van der Waals surface area contributed by atoms with Crippen molar-refractivity contribution in [3.63, 3.8) is 0 Å². The minimum atomic E-state index is -0.686. The molecule has 2 aliphatic rings. The van der Waals surface area contributed by atoms with Crippen molar-refractivity contribution in [3.05, 3.63) is 98.5 Å². The maximum atomic E-state index is 13.4. The average Bonchev–Trinajstić information content (AvgIpc) is 3.79. The topological polar surface area (TPSA) is 91.1 Å². The molecule has 0 bridgehead atoms. The van der Waals surface area contributed by atoms with Gasteiger partial charge in [-0.1, -0.05) is 71.2 Å². The Morgan fingerprint density at radius 3 is 2.29 bits per heavy atom. The molecule has 0 radical (unpaired) electrons. The number of primary amides is 1. The second-order valence-electron chi connectivity index (χ2n) is 9.97. The number of carbonyl (C=O) groups excluding carboxylic acids is 2. The van der Waals surface area contributed by atoms with Crippen LogP contribution in [0.1, 0.15) is 30.4 Å². The highest BCUT2D eigenvalue weighted by Crippen LogP contribution is 2.44. The molecule has 1 fully saturated rings. The van der Waals surface area contributed by atoms with Crippen LogP contribution in [0.25, 0.3) is 5.57 Å². The van der Waals surface area contributed by atoms with Gasteiger partial charge in [0.05, 0.1) is 10.6 Å². The zero-order chi connectivity index (χ0) is 29.0. The molecule has 0 aromatic heterocycles. The van der Waals surface area contributed by atoms with E-state index in [-0.39, 0.29) is 25.7 Å². The molecule has 0 saturated heterocycles. The van der Waals surface area contributed by atoms with Crippen molar-refractivity contribution in [2.24, 2.45) is 5.73 Å². The standard InChI is InChI=1S/C31H29Cl3N2O5/c32-25-5-2-1-4-21(25)19-41-29(37)24-18-36(31(13-14-31)30(35)38)15-12-23(24)20-8-10-22(11-9-20)39-16-17-40-27-7-3-6-26(33)28(27)34/h1-11H,12-19H2,(H2,35,38). The summed E-state index contributed by atoms with van der Waals surface area (Å²) in [5.41, 5.74) is 8.03. The number of carbonyl (C=O) groups is 2. The highest BCUT2D eigenvalue weighted by Gasteiger charge is 2.54. The Morgan fingerprint density at radius 1 is 0.878 bits per heavy atom. The van der Waals surface area contributed by atoms with Crippen molar-refractivity contribution >= 4 is 52.3 Å². The van der Waals surface area contributed by atoms with Crippen molar-refractivity contribution in [1.82, 2.24) is 4.90 Å². The molecule has 1 aliphatic carbocycles. The predicted molar refractivity (Wildman–Crippen MR) is 159 cm³/mol. The van der Waals surface area contributed by atoms with Crippen LogP contribution in [-0.2, 0) is 20.9 Å². The van der Waals surface area contributed by atoms with Gasteiger partial charge in [-0.2, -0.15) is 0 Å². The Labute approximate surface area is 253 Å². The minimum Gasteiger partial charge on any atom is -0.490 e. The first-order valence-electron chi connectivity index (χ1n) is 13.3. The molecule has 1 saturated carbocycles. The van der Waals surface area contributed by atoms with E-state index in [1.165, 1.54) is 0 Å². The van der Waals surface area contributed by atoms with E-state index in [1.807, 2.05) is 47.4 Å². The summed E-state index contributed by atoms with van der Waals surface area (Å²) in [5, 5.41) is 1.32. The number of hydrogen-bond donors (Lipinski definition) is 1. The highest BCUT2D eigenvalue weighted by molar-refractivity contribution is 6.42. The van der Waals surface area contributed by atoms with Crippen LogP contribution in [0.5, 0.6) is 11.5 Å². The number of halogens is 3. The maximum absolute atomic E-state index is 13.4. The number of esters is 1. The van der Waals surface area contributed by atoms with Crippen LogP contribution < -0.4 is 15.2 Å². The second-order valence-corrected chi connectivity index (χ2v) is 11.2. The number of benzene rings is 3. The molecular formula is C31H29Cl3N2O5. The van der Waals surface area contributed by atoms with E-state index < -0.39 is 11.5 Å². The van der Waals surface area contributed by atoms with Crippen LogP contribution in [0.4, 0.5) is 0 Å². The van der Waals surface area contributed by atoms with Gasteiger partial charge in [0.2, 0.25) is 5.91 Å². The molecule has 0 unspecified atom stereocenters.